The van der Waals surface area contributed by atoms with E-state index in [2.05, 4.69) is 31.8 Å². The number of rotatable bonds is 5. The van der Waals surface area contributed by atoms with Gasteiger partial charge in [0.15, 0.2) is 0 Å². The van der Waals surface area contributed by atoms with Crippen LogP contribution in [0, 0.1) is 12.3 Å². The Labute approximate surface area is 187 Å². The van der Waals surface area contributed by atoms with Crippen molar-refractivity contribution in [1.29, 1.82) is 0 Å². The molecular weight excluding hydrogens is 404 g/mol. The average Bonchev–Trinajstić information content (AvgIpc) is 2.84. The summed E-state index contributed by atoms with van der Waals surface area (Å²) in [5, 5.41) is 10.4. The Bertz CT molecular complexity index is 1180. The Morgan fingerprint density at radius 3 is 2.78 bits per heavy atom. The zero-order chi connectivity index (χ0) is 22.5. The van der Waals surface area contributed by atoms with Gasteiger partial charge in [-0.2, -0.15) is 0 Å². The highest BCUT2D eigenvalue weighted by Crippen LogP contribution is 2.34. The van der Waals surface area contributed by atoms with Crippen molar-refractivity contribution in [3.05, 3.63) is 47.8 Å². The van der Waals surface area contributed by atoms with Gasteiger partial charge in [-0.25, -0.2) is 14.8 Å². The molecular formula is C24H26N6O2. The van der Waals surface area contributed by atoms with Gasteiger partial charge in [0.1, 0.15) is 17.4 Å². The summed E-state index contributed by atoms with van der Waals surface area (Å²) in [5.74, 6) is 4.53. The second-order valence-electron chi connectivity index (χ2n) is 7.43. The standard InChI is InChI=1S/C24H26N6O2/c1-4-16-7-6-8-17(13-16)26-23-18-14-20(28-24(31)30-11-9-25-10-12-30)21(32-3)15-19(18)27-22(5-2)29-23/h1,6-8,13-15,25H,5,9-12H2,2-3H3,(H,28,31)(H,26,27,29). The van der Waals surface area contributed by atoms with E-state index in [0.717, 1.165) is 35.2 Å². The van der Waals surface area contributed by atoms with E-state index < -0.39 is 0 Å². The molecule has 1 fully saturated rings. The second-order valence-corrected chi connectivity index (χ2v) is 7.43. The van der Waals surface area contributed by atoms with Gasteiger partial charge >= 0.3 is 6.03 Å². The van der Waals surface area contributed by atoms with Gasteiger partial charge in [0, 0.05) is 55.3 Å². The number of nitrogens with one attached hydrogen (secondary N) is 3. The van der Waals surface area contributed by atoms with E-state index in [-0.39, 0.29) is 6.03 Å². The number of ether oxygens (including phenoxy) is 1. The summed E-state index contributed by atoms with van der Waals surface area (Å²) in [6, 6.07) is 11.1. The van der Waals surface area contributed by atoms with Crippen molar-refractivity contribution >= 4 is 34.1 Å². The second kappa shape index (κ2) is 9.54. The third-order valence-electron chi connectivity index (χ3n) is 5.32. The summed E-state index contributed by atoms with van der Waals surface area (Å²) in [7, 11) is 1.58. The Hall–Kier alpha value is -3.83. The number of urea groups is 1. The maximum Gasteiger partial charge on any atom is 0.322 e. The van der Waals surface area contributed by atoms with Crippen LogP contribution in [-0.4, -0.2) is 54.2 Å². The lowest BCUT2D eigenvalue weighted by atomic mass is 10.1. The molecule has 0 aliphatic carbocycles. The van der Waals surface area contributed by atoms with Crippen molar-refractivity contribution < 1.29 is 9.53 Å². The van der Waals surface area contributed by atoms with Crippen molar-refractivity contribution in [2.24, 2.45) is 0 Å². The molecule has 0 atom stereocenters. The molecule has 2 amide bonds. The molecule has 1 aliphatic heterocycles. The van der Waals surface area contributed by atoms with Crippen LogP contribution in [0.4, 0.5) is 22.0 Å². The first-order valence-corrected chi connectivity index (χ1v) is 10.6. The molecule has 0 bridgehead atoms. The number of hydrogen-bond acceptors (Lipinski definition) is 6. The lowest BCUT2D eigenvalue weighted by molar-refractivity contribution is 0.203. The smallest absolute Gasteiger partial charge is 0.322 e. The highest BCUT2D eigenvalue weighted by atomic mass is 16.5. The highest BCUT2D eigenvalue weighted by molar-refractivity contribution is 5.99. The van der Waals surface area contributed by atoms with E-state index in [4.69, 9.17) is 11.2 Å². The molecule has 8 heteroatoms. The van der Waals surface area contributed by atoms with E-state index in [9.17, 15) is 4.79 Å². The van der Waals surface area contributed by atoms with Gasteiger partial charge in [-0.1, -0.05) is 18.9 Å². The molecule has 0 saturated carbocycles. The van der Waals surface area contributed by atoms with Crippen molar-refractivity contribution in [1.82, 2.24) is 20.2 Å². The molecule has 3 N–H and O–H groups in total. The lowest BCUT2D eigenvalue weighted by Crippen LogP contribution is -2.48. The number of terminal acetylenes is 1. The number of aryl methyl sites for hydroxylation is 1. The Balaban J connectivity index is 1.74. The predicted molar refractivity (Wildman–Crippen MR) is 127 cm³/mol. The fraction of sp³-hybridized carbons (Fsp3) is 0.292. The summed E-state index contributed by atoms with van der Waals surface area (Å²) < 4.78 is 5.56. The molecule has 0 spiro atoms. The fourth-order valence-electron chi connectivity index (χ4n) is 3.61. The first kappa shape index (κ1) is 21.4. The first-order valence-electron chi connectivity index (χ1n) is 10.6. The Morgan fingerprint density at radius 2 is 2.06 bits per heavy atom. The van der Waals surface area contributed by atoms with Crippen LogP contribution < -0.4 is 20.7 Å². The third kappa shape index (κ3) is 4.58. The normalized spacial score (nSPS) is 13.5. The van der Waals surface area contributed by atoms with Gasteiger partial charge < -0.3 is 25.6 Å². The van der Waals surface area contributed by atoms with Crippen LogP contribution in [0.25, 0.3) is 10.9 Å². The van der Waals surface area contributed by atoms with E-state index in [1.165, 1.54) is 0 Å². The van der Waals surface area contributed by atoms with Crippen LogP contribution in [-0.2, 0) is 6.42 Å². The minimum absolute atomic E-state index is 0.161. The fourth-order valence-corrected chi connectivity index (χ4v) is 3.61. The molecule has 8 nitrogen and oxygen atoms in total. The third-order valence-corrected chi connectivity index (χ3v) is 5.32. The molecule has 32 heavy (non-hydrogen) atoms. The summed E-state index contributed by atoms with van der Waals surface area (Å²) in [6.45, 7) is 4.87. The van der Waals surface area contributed by atoms with E-state index in [0.29, 0.717) is 42.6 Å². The van der Waals surface area contributed by atoms with E-state index >= 15 is 0 Å². The molecule has 0 radical (unpaired) electrons. The van der Waals surface area contributed by atoms with Crippen LogP contribution in [0.1, 0.15) is 18.3 Å². The molecule has 1 aromatic heterocycles. The van der Waals surface area contributed by atoms with E-state index in [1.54, 1.807) is 12.0 Å². The number of carbonyl (C=O) groups is 1. The minimum atomic E-state index is -0.161. The Kier molecular flexibility index (Phi) is 6.38. The van der Waals surface area contributed by atoms with Crippen LogP contribution in [0.3, 0.4) is 0 Å². The van der Waals surface area contributed by atoms with Crippen LogP contribution in [0.15, 0.2) is 36.4 Å². The van der Waals surface area contributed by atoms with Crippen molar-refractivity contribution in [3.63, 3.8) is 0 Å². The monoisotopic (exact) mass is 430 g/mol. The number of amides is 2. The van der Waals surface area contributed by atoms with Gasteiger partial charge in [0.25, 0.3) is 0 Å². The van der Waals surface area contributed by atoms with Crippen molar-refractivity contribution in [2.75, 3.05) is 43.9 Å². The van der Waals surface area contributed by atoms with E-state index in [1.807, 2.05) is 43.3 Å². The molecule has 1 saturated heterocycles. The zero-order valence-corrected chi connectivity index (χ0v) is 18.2. The summed E-state index contributed by atoms with van der Waals surface area (Å²) in [5.41, 5.74) is 2.89. The largest absolute Gasteiger partial charge is 0.494 e. The molecule has 0 unspecified atom stereocenters. The molecule has 4 rings (SSSR count). The number of fused-ring (bicyclic) bond motifs is 1. The van der Waals surface area contributed by atoms with Gasteiger partial charge in [-0.15, -0.1) is 6.42 Å². The van der Waals surface area contributed by atoms with Crippen molar-refractivity contribution in [2.45, 2.75) is 13.3 Å². The number of aromatic nitrogens is 2. The summed E-state index contributed by atoms with van der Waals surface area (Å²) >= 11 is 0. The molecule has 1 aliphatic rings. The van der Waals surface area contributed by atoms with Gasteiger partial charge in [-0.05, 0) is 24.3 Å². The maximum atomic E-state index is 12.8. The quantitative estimate of drug-likeness (QED) is 0.538. The minimum Gasteiger partial charge on any atom is -0.494 e. The summed E-state index contributed by atoms with van der Waals surface area (Å²) in [4.78, 5) is 23.9. The van der Waals surface area contributed by atoms with Crippen LogP contribution in [0.2, 0.25) is 0 Å². The Morgan fingerprint density at radius 1 is 1.25 bits per heavy atom. The topological polar surface area (TPSA) is 91.4 Å². The van der Waals surface area contributed by atoms with Crippen molar-refractivity contribution in [3.8, 4) is 18.1 Å². The van der Waals surface area contributed by atoms with Gasteiger partial charge in [-0.3, -0.25) is 0 Å². The molecule has 2 aromatic carbocycles. The number of hydrogen-bond donors (Lipinski definition) is 3. The number of benzene rings is 2. The number of piperazine rings is 1. The number of methoxy groups -OCH3 is 1. The van der Waals surface area contributed by atoms with Crippen LogP contribution in [0.5, 0.6) is 5.75 Å². The maximum absolute atomic E-state index is 12.8. The highest BCUT2D eigenvalue weighted by Gasteiger charge is 2.19. The predicted octanol–water partition coefficient (Wildman–Crippen LogP) is 3.36. The number of carbonyl (C=O) groups excluding carboxylic acids is 1. The van der Waals surface area contributed by atoms with Crippen LogP contribution >= 0.6 is 0 Å². The van der Waals surface area contributed by atoms with Gasteiger partial charge in [0.2, 0.25) is 0 Å². The molecule has 3 aromatic rings. The number of anilines is 3. The molecule has 2 heterocycles. The zero-order valence-electron chi connectivity index (χ0n) is 18.2. The number of nitrogens with zero attached hydrogens (tertiary/aromatic N) is 3. The summed E-state index contributed by atoms with van der Waals surface area (Å²) in [6.07, 6.45) is 6.22. The average molecular weight is 431 g/mol. The first-order chi connectivity index (χ1) is 15.6. The molecule has 164 valence electrons. The lowest BCUT2D eigenvalue weighted by Gasteiger charge is -2.27. The SMILES string of the molecule is C#Cc1cccc(Nc2nc(CC)nc3cc(OC)c(NC(=O)N4CCNCC4)cc23)c1. The van der Waals surface area contributed by atoms with Gasteiger partial charge in [0.05, 0.1) is 18.3 Å².